The molecule has 3 heterocycles. The molecule has 0 bridgehead atoms. The number of hydrogen-bond donors (Lipinski definition) is 4. The molecule has 4 N–H and O–H groups in total. The second-order valence-corrected chi connectivity index (χ2v) is 16.0. The maximum atomic E-state index is 13.7. The van der Waals surface area contributed by atoms with Crippen molar-refractivity contribution in [2.24, 2.45) is 11.8 Å². The fraction of sp³-hybridized carbons (Fsp3) is 0.649. The van der Waals surface area contributed by atoms with Crippen molar-refractivity contribution in [1.82, 2.24) is 35.3 Å². The molecule has 5 rings (SSSR count). The van der Waals surface area contributed by atoms with Crippen LogP contribution >= 0.6 is 11.6 Å². The van der Waals surface area contributed by atoms with Gasteiger partial charge in [0.15, 0.2) is 11.0 Å². The molecule has 1 aromatic carbocycles. The second kappa shape index (κ2) is 17.0. The van der Waals surface area contributed by atoms with E-state index in [1.54, 1.807) is 4.90 Å². The molecule has 14 heteroatoms. The fourth-order valence-corrected chi connectivity index (χ4v) is 7.59. The third-order valence-corrected chi connectivity index (χ3v) is 10.5. The minimum absolute atomic E-state index is 0.0817. The monoisotopic (exact) mass is 726 g/mol. The topological polar surface area (TPSA) is 154 Å². The lowest BCUT2D eigenvalue weighted by atomic mass is 9.91. The van der Waals surface area contributed by atoms with Gasteiger partial charge >= 0.3 is 0 Å². The van der Waals surface area contributed by atoms with Crippen LogP contribution in [0.4, 0.5) is 5.82 Å². The molecule has 6 atom stereocenters. The van der Waals surface area contributed by atoms with E-state index in [9.17, 15) is 24.6 Å². The Bertz CT molecular complexity index is 1490. The first-order valence-electron chi connectivity index (χ1n) is 18.2. The SMILES string of the molecule is CC1CCC(O)C1NC(=O)C(Cc1ccccc1)CC(O)CN1CCN(C(=O)c2cnc(N3CCN(C)CC3)c(Cl)n2)CC1C(=O)NC(C)(C)C. The number of carbonyl (C=O) groups is 3. The predicted molar refractivity (Wildman–Crippen MR) is 197 cm³/mol. The summed E-state index contributed by atoms with van der Waals surface area (Å²) in [5.74, 6) is -0.675. The summed E-state index contributed by atoms with van der Waals surface area (Å²) in [6, 6.07) is 8.60. The van der Waals surface area contributed by atoms with E-state index in [2.05, 4.69) is 37.4 Å². The summed E-state index contributed by atoms with van der Waals surface area (Å²) >= 11 is 6.55. The number of halogens is 1. The largest absolute Gasteiger partial charge is 0.392 e. The zero-order valence-corrected chi connectivity index (χ0v) is 31.3. The smallest absolute Gasteiger partial charge is 0.274 e. The van der Waals surface area contributed by atoms with Crippen LogP contribution in [0.3, 0.4) is 0 Å². The van der Waals surface area contributed by atoms with Gasteiger partial charge in [-0.05, 0) is 65.0 Å². The number of benzene rings is 1. The Kier molecular flexibility index (Phi) is 12.9. The van der Waals surface area contributed by atoms with Crippen molar-refractivity contribution >= 4 is 35.1 Å². The number of aliphatic hydroxyl groups is 2. The lowest BCUT2D eigenvalue weighted by molar-refractivity contribution is -0.131. The summed E-state index contributed by atoms with van der Waals surface area (Å²) in [4.78, 5) is 57.8. The average molecular weight is 727 g/mol. The Labute approximate surface area is 306 Å². The predicted octanol–water partition coefficient (Wildman–Crippen LogP) is 1.81. The van der Waals surface area contributed by atoms with Gasteiger partial charge in [0.2, 0.25) is 11.8 Å². The molecule has 0 radical (unpaired) electrons. The van der Waals surface area contributed by atoms with Crippen LogP contribution in [0.2, 0.25) is 5.15 Å². The minimum atomic E-state index is -0.936. The normalized spacial score (nSPS) is 24.6. The molecule has 51 heavy (non-hydrogen) atoms. The highest BCUT2D eigenvalue weighted by molar-refractivity contribution is 6.31. The van der Waals surface area contributed by atoms with Crippen LogP contribution in [-0.4, -0.2) is 142 Å². The number of aliphatic hydroxyl groups excluding tert-OH is 2. The Morgan fingerprint density at radius 2 is 1.75 bits per heavy atom. The number of piperazine rings is 2. The minimum Gasteiger partial charge on any atom is -0.392 e. The van der Waals surface area contributed by atoms with Gasteiger partial charge in [-0.3, -0.25) is 19.3 Å². The lowest BCUT2D eigenvalue weighted by Gasteiger charge is -2.42. The van der Waals surface area contributed by atoms with Crippen molar-refractivity contribution < 1.29 is 24.6 Å². The Balaban J connectivity index is 1.28. The van der Waals surface area contributed by atoms with Crippen LogP contribution in [0.5, 0.6) is 0 Å². The van der Waals surface area contributed by atoms with Gasteiger partial charge < -0.3 is 35.5 Å². The molecule has 2 saturated heterocycles. The van der Waals surface area contributed by atoms with E-state index >= 15 is 0 Å². The van der Waals surface area contributed by atoms with Gasteiger partial charge in [0.05, 0.1) is 24.4 Å². The number of nitrogens with zero attached hydrogens (tertiary/aromatic N) is 6. The van der Waals surface area contributed by atoms with Crippen molar-refractivity contribution in [1.29, 1.82) is 0 Å². The van der Waals surface area contributed by atoms with Gasteiger partial charge in [-0.25, -0.2) is 9.97 Å². The Morgan fingerprint density at radius 3 is 2.37 bits per heavy atom. The van der Waals surface area contributed by atoms with Crippen molar-refractivity contribution in [3.63, 3.8) is 0 Å². The average Bonchev–Trinajstić information content (AvgIpc) is 3.40. The molecular weight excluding hydrogens is 672 g/mol. The summed E-state index contributed by atoms with van der Waals surface area (Å²) in [6.45, 7) is 11.8. The number of anilines is 1. The van der Waals surface area contributed by atoms with Gasteiger partial charge in [0.1, 0.15) is 11.7 Å². The van der Waals surface area contributed by atoms with E-state index in [4.69, 9.17) is 11.6 Å². The number of likely N-dealkylation sites (N-methyl/N-ethyl adjacent to an activating group) is 1. The van der Waals surface area contributed by atoms with Crippen LogP contribution in [0, 0.1) is 11.8 Å². The molecule has 2 aliphatic heterocycles. The van der Waals surface area contributed by atoms with Crippen LogP contribution in [0.15, 0.2) is 36.5 Å². The van der Waals surface area contributed by atoms with E-state index < -0.39 is 29.7 Å². The van der Waals surface area contributed by atoms with E-state index in [1.807, 2.05) is 62.9 Å². The second-order valence-electron chi connectivity index (χ2n) is 15.6. The number of carbonyl (C=O) groups excluding carboxylic acids is 3. The van der Waals surface area contributed by atoms with Gasteiger partial charge in [0.25, 0.3) is 5.91 Å². The Morgan fingerprint density at radius 1 is 1.04 bits per heavy atom. The molecule has 280 valence electrons. The van der Waals surface area contributed by atoms with Gasteiger partial charge in [-0.15, -0.1) is 0 Å². The maximum absolute atomic E-state index is 13.7. The third-order valence-electron chi connectivity index (χ3n) is 10.3. The summed E-state index contributed by atoms with van der Waals surface area (Å²) in [7, 11) is 2.06. The maximum Gasteiger partial charge on any atom is 0.274 e. The number of aromatic nitrogens is 2. The first kappa shape index (κ1) is 38.9. The van der Waals surface area contributed by atoms with Crippen LogP contribution in [0.1, 0.15) is 63.0 Å². The zero-order valence-electron chi connectivity index (χ0n) is 30.6. The highest BCUT2D eigenvalue weighted by Crippen LogP contribution is 2.27. The number of hydrogen-bond acceptors (Lipinski definition) is 10. The molecule has 1 saturated carbocycles. The van der Waals surface area contributed by atoms with Crippen molar-refractivity contribution in [3.05, 3.63) is 52.9 Å². The van der Waals surface area contributed by atoms with E-state index in [-0.39, 0.29) is 60.0 Å². The molecule has 13 nitrogen and oxygen atoms in total. The summed E-state index contributed by atoms with van der Waals surface area (Å²) in [5, 5.41) is 28.3. The molecule has 6 unspecified atom stereocenters. The summed E-state index contributed by atoms with van der Waals surface area (Å²) in [5.41, 5.74) is 0.559. The molecule has 1 aliphatic carbocycles. The van der Waals surface area contributed by atoms with Crippen LogP contribution in [-0.2, 0) is 16.0 Å². The lowest BCUT2D eigenvalue weighted by Crippen LogP contribution is -2.63. The summed E-state index contributed by atoms with van der Waals surface area (Å²) < 4.78 is 0. The number of nitrogens with one attached hydrogen (secondary N) is 2. The first-order valence-corrected chi connectivity index (χ1v) is 18.6. The fourth-order valence-electron chi connectivity index (χ4n) is 7.33. The zero-order chi connectivity index (χ0) is 36.9. The highest BCUT2D eigenvalue weighted by atomic mass is 35.5. The van der Waals surface area contributed by atoms with E-state index in [0.717, 1.165) is 38.2 Å². The number of β-amino-alcohol motifs (C(OH)–C–C–N with tert-alkyl or cyclic N) is 1. The van der Waals surface area contributed by atoms with E-state index in [0.29, 0.717) is 31.7 Å². The molecule has 3 amide bonds. The molecule has 0 spiro atoms. The number of amides is 3. The third kappa shape index (κ3) is 10.4. The van der Waals surface area contributed by atoms with Gasteiger partial charge in [-0.1, -0.05) is 48.9 Å². The van der Waals surface area contributed by atoms with Crippen LogP contribution in [0.25, 0.3) is 0 Å². The van der Waals surface area contributed by atoms with E-state index in [1.165, 1.54) is 6.20 Å². The summed E-state index contributed by atoms with van der Waals surface area (Å²) in [6.07, 6.45) is 2.00. The highest BCUT2D eigenvalue weighted by Gasteiger charge is 2.39. The van der Waals surface area contributed by atoms with Crippen LogP contribution < -0.4 is 15.5 Å². The molecular formula is C37H55ClN8O5. The van der Waals surface area contributed by atoms with Crippen molar-refractivity contribution in [2.45, 2.75) is 83.2 Å². The molecule has 3 fully saturated rings. The number of rotatable bonds is 11. The van der Waals surface area contributed by atoms with Gasteiger partial charge in [0, 0.05) is 63.8 Å². The molecule has 3 aliphatic rings. The quantitative estimate of drug-likeness (QED) is 0.270. The molecule has 1 aromatic heterocycles. The van der Waals surface area contributed by atoms with Gasteiger partial charge in [-0.2, -0.15) is 0 Å². The first-order chi connectivity index (χ1) is 24.2. The van der Waals surface area contributed by atoms with Crippen molar-refractivity contribution in [3.8, 4) is 0 Å². The van der Waals surface area contributed by atoms with Crippen molar-refractivity contribution in [2.75, 3.05) is 64.3 Å². The Hall–Kier alpha value is -3.36. The standard InChI is InChI=1S/C37H55ClN8O5/c1-24-11-12-30(48)31(24)41-34(49)26(19-25-9-7-6-8-10-25)20-27(47)22-45-17-18-46(23-29(45)35(50)42-37(2,3)4)36(51)28-21-39-33(32(38)40-28)44-15-13-43(5)14-16-44/h6-10,21,24,26-27,29-31,47-48H,11-20,22-23H2,1-5H3,(H,41,49)(H,42,50). The molecule has 2 aromatic rings.